The molecule has 5 heteroatoms. The number of benzene rings is 1. The summed E-state index contributed by atoms with van der Waals surface area (Å²) < 4.78 is 0.808. The van der Waals surface area contributed by atoms with Gasteiger partial charge in [-0.3, -0.25) is 10.1 Å². The van der Waals surface area contributed by atoms with Crippen molar-refractivity contribution in [1.82, 2.24) is 0 Å². The van der Waals surface area contributed by atoms with Crippen molar-refractivity contribution >= 4 is 37.5 Å². The lowest BCUT2D eigenvalue weighted by atomic mass is 10.1. The van der Waals surface area contributed by atoms with E-state index in [-0.39, 0.29) is 10.6 Å². The third-order valence-electron chi connectivity index (χ3n) is 2.29. The molecule has 0 bridgehead atoms. The van der Waals surface area contributed by atoms with Crippen LogP contribution in [0.2, 0.25) is 0 Å². The molecule has 88 valence electrons. The van der Waals surface area contributed by atoms with Gasteiger partial charge in [-0.15, -0.1) is 0 Å². The maximum Gasteiger partial charge on any atom is 0.270 e. The fraction of sp³-hybridized carbons (Fsp3) is 0.455. The normalized spacial score (nSPS) is 12.4. The summed E-state index contributed by atoms with van der Waals surface area (Å²) in [5, 5.41) is 10.6. The lowest BCUT2D eigenvalue weighted by Crippen LogP contribution is -2.03. The smallest absolute Gasteiger partial charge is 0.258 e. The van der Waals surface area contributed by atoms with Crippen LogP contribution in [0.4, 0.5) is 5.69 Å². The summed E-state index contributed by atoms with van der Waals surface area (Å²) in [6.45, 7) is 2.14. The number of nitro groups is 1. The van der Waals surface area contributed by atoms with Gasteiger partial charge in [0.15, 0.2) is 0 Å². The number of non-ortho nitro benzene ring substituents is 1. The van der Waals surface area contributed by atoms with E-state index in [1.807, 2.05) is 6.07 Å². The van der Waals surface area contributed by atoms with Crippen LogP contribution in [0.3, 0.4) is 0 Å². The molecule has 0 aliphatic rings. The van der Waals surface area contributed by atoms with Gasteiger partial charge < -0.3 is 0 Å². The summed E-state index contributed by atoms with van der Waals surface area (Å²) in [6, 6.07) is 4.92. The minimum atomic E-state index is -0.383. The first-order chi connectivity index (χ1) is 7.54. The Morgan fingerprint density at radius 2 is 2.19 bits per heavy atom. The molecule has 0 N–H and O–H groups in total. The molecule has 0 radical (unpaired) electrons. The summed E-state index contributed by atoms with van der Waals surface area (Å²) in [6.07, 6.45) is 3.11. The van der Waals surface area contributed by atoms with E-state index in [1.165, 1.54) is 0 Å². The lowest BCUT2D eigenvalue weighted by molar-refractivity contribution is -0.384. The third-order valence-corrected chi connectivity index (χ3v) is 3.81. The molecule has 0 saturated heterocycles. The molecular weight excluding hydrogens is 338 g/mol. The topological polar surface area (TPSA) is 43.1 Å². The zero-order chi connectivity index (χ0) is 12.1. The maximum atomic E-state index is 10.6. The highest BCUT2D eigenvalue weighted by Crippen LogP contribution is 2.26. The Bertz CT molecular complexity index is 382. The molecule has 0 fully saturated rings. The zero-order valence-electron chi connectivity index (χ0n) is 8.95. The van der Waals surface area contributed by atoms with Crippen molar-refractivity contribution in [2.24, 2.45) is 0 Å². The maximum absolute atomic E-state index is 10.6. The molecular formula is C11H13Br2NO2. The second kappa shape index (κ2) is 6.35. The van der Waals surface area contributed by atoms with Gasteiger partial charge in [-0.1, -0.05) is 51.3 Å². The molecule has 0 aromatic heterocycles. The van der Waals surface area contributed by atoms with E-state index in [4.69, 9.17) is 0 Å². The predicted molar refractivity (Wildman–Crippen MR) is 72.1 cm³/mol. The molecule has 0 amide bonds. The van der Waals surface area contributed by atoms with Gasteiger partial charge in [0.2, 0.25) is 0 Å². The summed E-state index contributed by atoms with van der Waals surface area (Å²) in [4.78, 5) is 10.6. The number of alkyl halides is 1. The van der Waals surface area contributed by atoms with E-state index in [1.54, 1.807) is 12.1 Å². The van der Waals surface area contributed by atoms with Crippen LogP contribution in [0.15, 0.2) is 22.7 Å². The Morgan fingerprint density at radius 3 is 2.69 bits per heavy atom. The minimum Gasteiger partial charge on any atom is -0.258 e. The van der Waals surface area contributed by atoms with Crippen molar-refractivity contribution in [2.45, 2.75) is 31.0 Å². The highest BCUT2D eigenvalue weighted by molar-refractivity contribution is 9.10. The largest absolute Gasteiger partial charge is 0.270 e. The van der Waals surface area contributed by atoms with E-state index in [2.05, 4.69) is 38.8 Å². The van der Waals surface area contributed by atoms with Crippen molar-refractivity contribution in [3.05, 3.63) is 38.3 Å². The SMILES string of the molecule is CCCC(Br)Cc1ccc([N+](=O)[O-])cc1Br. The zero-order valence-corrected chi connectivity index (χ0v) is 12.1. The first-order valence-corrected chi connectivity index (χ1v) is 6.82. The minimum absolute atomic E-state index is 0.122. The van der Waals surface area contributed by atoms with Crippen LogP contribution in [-0.4, -0.2) is 9.75 Å². The van der Waals surface area contributed by atoms with Crippen molar-refractivity contribution < 1.29 is 4.92 Å². The number of nitrogens with zero attached hydrogens (tertiary/aromatic N) is 1. The van der Waals surface area contributed by atoms with Gasteiger partial charge in [-0.25, -0.2) is 0 Å². The van der Waals surface area contributed by atoms with Crippen molar-refractivity contribution in [3.8, 4) is 0 Å². The molecule has 0 aliphatic heterocycles. The van der Waals surface area contributed by atoms with E-state index in [0.29, 0.717) is 4.83 Å². The number of rotatable bonds is 5. The van der Waals surface area contributed by atoms with Crippen LogP contribution in [0.5, 0.6) is 0 Å². The van der Waals surface area contributed by atoms with E-state index in [0.717, 1.165) is 29.3 Å². The fourth-order valence-corrected chi connectivity index (χ4v) is 2.80. The van der Waals surface area contributed by atoms with Gasteiger partial charge in [0.25, 0.3) is 5.69 Å². The van der Waals surface area contributed by atoms with Crippen LogP contribution in [0.1, 0.15) is 25.3 Å². The second-order valence-electron chi connectivity index (χ2n) is 3.62. The molecule has 1 atom stereocenters. The van der Waals surface area contributed by atoms with Gasteiger partial charge in [0, 0.05) is 21.4 Å². The Hall–Kier alpha value is -0.420. The average Bonchev–Trinajstić information content (AvgIpc) is 2.21. The van der Waals surface area contributed by atoms with Gasteiger partial charge >= 0.3 is 0 Å². The summed E-state index contributed by atoms with van der Waals surface area (Å²) in [5.41, 5.74) is 1.22. The standard InChI is InChI=1S/C11H13Br2NO2/c1-2-3-9(12)6-8-4-5-10(14(15)16)7-11(8)13/h4-5,7,9H,2-3,6H2,1H3. The predicted octanol–water partition coefficient (Wildman–Crippen LogP) is 4.46. The van der Waals surface area contributed by atoms with Crippen LogP contribution < -0.4 is 0 Å². The summed E-state index contributed by atoms with van der Waals surface area (Å²) in [5.74, 6) is 0. The van der Waals surface area contributed by atoms with Crippen molar-refractivity contribution in [2.75, 3.05) is 0 Å². The molecule has 1 rings (SSSR count). The molecule has 1 aromatic carbocycles. The average molecular weight is 351 g/mol. The van der Waals surface area contributed by atoms with Gasteiger partial charge in [0.1, 0.15) is 0 Å². The Morgan fingerprint density at radius 1 is 1.50 bits per heavy atom. The molecule has 0 aliphatic carbocycles. The summed E-state index contributed by atoms with van der Waals surface area (Å²) in [7, 11) is 0. The lowest BCUT2D eigenvalue weighted by Gasteiger charge is -2.09. The highest BCUT2D eigenvalue weighted by atomic mass is 79.9. The van der Waals surface area contributed by atoms with Crippen LogP contribution >= 0.6 is 31.9 Å². The molecule has 1 aromatic rings. The first-order valence-electron chi connectivity index (χ1n) is 5.11. The number of hydrogen-bond donors (Lipinski definition) is 0. The van der Waals surface area contributed by atoms with Crippen LogP contribution in [0, 0.1) is 10.1 Å². The quantitative estimate of drug-likeness (QED) is 0.447. The van der Waals surface area contributed by atoms with Gasteiger partial charge in [-0.05, 0) is 18.4 Å². The number of nitro benzene ring substituents is 1. The molecule has 1 unspecified atom stereocenters. The van der Waals surface area contributed by atoms with Gasteiger partial charge in [0.05, 0.1) is 4.92 Å². The van der Waals surface area contributed by atoms with Crippen LogP contribution in [0.25, 0.3) is 0 Å². The van der Waals surface area contributed by atoms with Crippen molar-refractivity contribution in [1.29, 1.82) is 0 Å². The van der Waals surface area contributed by atoms with Crippen molar-refractivity contribution in [3.63, 3.8) is 0 Å². The monoisotopic (exact) mass is 349 g/mol. The Labute approximate surface area is 112 Å². The third kappa shape index (κ3) is 3.87. The van der Waals surface area contributed by atoms with Crippen LogP contribution in [-0.2, 0) is 6.42 Å². The Kier molecular flexibility index (Phi) is 5.41. The van der Waals surface area contributed by atoms with E-state index < -0.39 is 0 Å². The molecule has 0 heterocycles. The second-order valence-corrected chi connectivity index (χ2v) is 5.77. The highest BCUT2D eigenvalue weighted by Gasteiger charge is 2.11. The van der Waals surface area contributed by atoms with E-state index >= 15 is 0 Å². The molecule has 0 saturated carbocycles. The fourth-order valence-electron chi connectivity index (χ4n) is 1.47. The number of hydrogen-bond acceptors (Lipinski definition) is 2. The molecule has 0 spiro atoms. The summed E-state index contributed by atoms with van der Waals surface area (Å²) >= 11 is 6.97. The molecule has 3 nitrogen and oxygen atoms in total. The molecule has 16 heavy (non-hydrogen) atoms. The number of halogens is 2. The van der Waals surface area contributed by atoms with Gasteiger partial charge in [-0.2, -0.15) is 0 Å². The van der Waals surface area contributed by atoms with E-state index in [9.17, 15) is 10.1 Å². The Balaban J connectivity index is 2.79. The first kappa shape index (κ1) is 13.6.